The Balaban J connectivity index is 2.69. The molecule has 0 bridgehead atoms. The van der Waals surface area contributed by atoms with Gasteiger partial charge in [-0.2, -0.15) is 0 Å². The molecule has 0 amide bonds. The molecule has 0 aliphatic carbocycles. The van der Waals surface area contributed by atoms with Crippen molar-refractivity contribution < 1.29 is 9.53 Å². The van der Waals surface area contributed by atoms with Gasteiger partial charge in [0.15, 0.2) is 0 Å². The number of hydrogen-bond donors (Lipinski definition) is 1. The van der Waals surface area contributed by atoms with Crippen LogP contribution >= 0.6 is 0 Å². The summed E-state index contributed by atoms with van der Waals surface area (Å²) in [7, 11) is 0. The fraction of sp³-hybridized carbons (Fsp3) is 0.417. The third-order valence-corrected chi connectivity index (χ3v) is 2.28. The van der Waals surface area contributed by atoms with E-state index >= 15 is 0 Å². The summed E-state index contributed by atoms with van der Waals surface area (Å²) in [5.41, 5.74) is 7.67. The zero-order valence-corrected chi connectivity index (χ0v) is 9.25. The van der Waals surface area contributed by atoms with Crippen molar-refractivity contribution in [2.75, 3.05) is 12.3 Å². The van der Waals surface area contributed by atoms with Crippen LogP contribution in [0, 0.1) is 6.92 Å². The Labute approximate surface area is 90.2 Å². The molecule has 0 unspecified atom stereocenters. The van der Waals surface area contributed by atoms with Gasteiger partial charge in [-0.15, -0.1) is 0 Å². The second-order valence-electron chi connectivity index (χ2n) is 3.53. The molecule has 0 aliphatic rings. The molecule has 1 aromatic carbocycles. The summed E-state index contributed by atoms with van der Waals surface area (Å²) in [5, 5.41) is 0. The van der Waals surface area contributed by atoms with Crippen LogP contribution in [0.4, 0.5) is 5.69 Å². The molecule has 0 fully saturated rings. The lowest BCUT2D eigenvalue weighted by molar-refractivity contribution is 0.0501. The number of anilines is 1. The van der Waals surface area contributed by atoms with Crippen LogP contribution in [0.15, 0.2) is 18.2 Å². The minimum absolute atomic E-state index is 0.329. The summed E-state index contributed by atoms with van der Waals surface area (Å²) in [6.45, 7) is 4.38. The quantitative estimate of drug-likeness (QED) is 0.469. The van der Waals surface area contributed by atoms with E-state index in [9.17, 15) is 4.79 Å². The van der Waals surface area contributed by atoms with Crippen molar-refractivity contribution in [1.82, 2.24) is 0 Å². The first kappa shape index (κ1) is 11.6. The molecule has 0 aromatic heterocycles. The van der Waals surface area contributed by atoms with E-state index in [2.05, 4.69) is 6.92 Å². The molecule has 15 heavy (non-hydrogen) atoms. The van der Waals surface area contributed by atoms with Gasteiger partial charge < -0.3 is 10.5 Å². The van der Waals surface area contributed by atoms with Crippen molar-refractivity contribution >= 4 is 11.7 Å². The molecule has 0 saturated heterocycles. The number of nitrogen functional groups attached to an aromatic ring is 1. The highest BCUT2D eigenvalue weighted by atomic mass is 16.5. The first-order chi connectivity index (χ1) is 7.16. The second kappa shape index (κ2) is 5.39. The first-order valence-corrected chi connectivity index (χ1v) is 5.19. The number of rotatable bonds is 4. The van der Waals surface area contributed by atoms with Crippen LogP contribution < -0.4 is 5.73 Å². The topological polar surface area (TPSA) is 52.3 Å². The number of aryl methyl sites for hydroxylation is 1. The lowest BCUT2D eigenvalue weighted by atomic mass is 10.1. The number of carbonyl (C=O) groups excluding carboxylic acids is 1. The van der Waals surface area contributed by atoms with E-state index in [-0.39, 0.29) is 5.97 Å². The Morgan fingerprint density at radius 3 is 2.87 bits per heavy atom. The van der Waals surface area contributed by atoms with Gasteiger partial charge in [-0.3, -0.25) is 0 Å². The number of unbranched alkanes of at least 4 members (excludes halogenated alkanes) is 1. The van der Waals surface area contributed by atoms with Crippen molar-refractivity contribution in [2.24, 2.45) is 0 Å². The molecule has 0 atom stereocenters. The van der Waals surface area contributed by atoms with Crippen LogP contribution in [0.2, 0.25) is 0 Å². The molecule has 1 aromatic rings. The minimum atomic E-state index is -0.329. The molecule has 0 saturated carbocycles. The molecule has 3 nitrogen and oxygen atoms in total. The lowest BCUT2D eigenvalue weighted by Gasteiger charge is -2.07. The number of benzene rings is 1. The Morgan fingerprint density at radius 1 is 1.47 bits per heavy atom. The molecule has 82 valence electrons. The van der Waals surface area contributed by atoms with Gasteiger partial charge >= 0.3 is 5.97 Å². The summed E-state index contributed by atoms with van der Waals surface area (Å²) in [5.74, 6) is -0.329. The Hall–Kier alpha value is -1.51. The van der Waals surface area contributed by atoms with Crippen molar-refractivity contribution in [3.63, 3.8) is 0 Å². The summed E-state index contributed by atoms with van der Waals surface area (Å²) >= 11 is 0. The maximum absolute atomic E-state index is 11.6. The first-order valence-electron chi connectivity index (χ1n) is 5.19. The van der Waals surface area contributed by atoms with Gasteiger partial charge in [-0.05, 0) is 25.0 Å². The molecular weight excluding hydrogens is 190 g/mol. The van der Waals surface area contributed by atoms with Crippen molar-refractivity contribution in [1.29, 1.82) is 0 Å². The van der Waals surface area contributed by atoms with Crippen LogP contribution in [0.3, 0.4) is 0 Å². The summed E-state index contributed by atoms with van der Waals surface area (Å²) in [4.78, 5) is 11.6. The molecule has 0 radical (unpaired) electrons. The van der Waals surface area contributed by atoms with Crippen molar-refractivity contribution in [3.8, 4) is 0 Å². The predicted octanol–water partition coefficient (Wildman–Crippen LogP) is 2.53. The average Bonchev–Trinajstić information content (AvgIpc) is 2.22. The summed E-state index contributed by atoms with van der Waals surface area (Å²) in [6, 6.07) is 5.37. The van der Waals surface area contributed by atoms with Gasteiger partial charge in [0.05, 0.1) is 12.2 Å². The highest BCUT2D eigenvalue weighted by Gasteiger charge is 2.11. The van der Waals surface area contributed by atoms with E-state index in [4.69, 9.17) is 10.5 Å². The van der Waals surface area contributed by atoms with E-state index < -0.39 is 0 Å². The van der Waals surface area contributed by atoms with E-state index in [1.807, 2.05) is 19.1 Å². The van der Waals surface area contributed by atoms with Crippen LogP contribution in [0.25, 0.3) is 0 Å². The Bertz CT molecular complexity index is 347. The fourth-order valence-corrected chi connectivity index (χ4v) is 1.25. The van der Waals surface area contributed by atoms with Crippen molar-refractivity contribution in [3.05, 3.63) is 29.3 Å². The van der Waals surface area contributed by atoms with Crippen LogP contribution in [0.1, 0.15) is 35.7 Å². The fourth-order valence-electron chi connectivity index (χ4n) is 1.25. The third-order valence-electron chi connectivity index (χ3n) is 2.28. The molecule has 0 aliphatic heterocycles. The highest BCUT2D eigenvalue weighted by molar-refractivity contribution is 5.95. The zero-order valence-electron chi connectivity index (χ0n) is 9.25. The number of para-hydroxylation sites is 1. The summed E-state index contributed by atoms with van der Waals surface area (Å²) < 4.78 is 5.09. The molecule has 3 heteroatoms. The molecule has 2 N–H and O–H groups in total. The van der Waals surface area contributed by atoms with E-state index in [1.54, 1.807) is 6.07 Å². The maximum Gasteiger partial charge on any atom is 0.340 e. The van der Waals surface area contributed by atoms with Gasteiger partial charge in [0.25, 0.3) is 0 Å². The Morgan fingerprint density at radius 2 is 2.20 bits per heavy atom. The maximum atomic E-state index is 11.6. The SMILES string of the molecule is CCCCOC(=O)c1cccc(C)c1N. The normalized spacial score (nSPS) is 10.0. The van der Waals surface area contributed by atoms with E-state index in [0.29, 0.717) is 17.9 Å². The van der Waals surface area contributed by atoms with Gasteiger partial charge in [-0.25, -0.2) is 4.79 Å². The second-order valence-corrected chi connectivity index (χ2v) is 3.53. The van der Waals surface area contributed by atoms with Crippen molar-refractivity contribution in [2.45, 2.75) is 26.7 Å². The third kappa shape index (κ3) is 2.98. The highest BCUT2D eigenvalue weighted by Crippen LogP contribution is 2.17. The molecule has 0 spiro atoms. The zero-order chi connectivity index (χ0) is 11.3. The smallest absolute Gasteiger partial charge is 0.340 e. The number of nitrogens with two attached hydrogens (primary N) is 1. The number of hydrogen-bond acceptors (Lipinski definition) is 3. The summed E-state index contributed by atoms with van der Waals surface area (Å²) in [6.07, 6.45) is 1.90. The van der Waals surface area contributed by atoms with Gasteiger partial charge in [0, 0.05) is 5.69 Å². The molecule has 0 heterocycles. The minimum Gasteiger partial charge on any atom is -0.462 e. The lowest BCUT2D eigenvalue weighted by Crippen LogP contribution is -2.09. The van der Waals surface area contributed by atoms with E-state index in [0.717, 1.165) is 18.4 Å². The standard InChI is InChI=1S/C12H17NO2/c1-3-4-8-15-12(14)10-7-5-6-9(2)11(10)13/h5-7H,3-4,8,13H2,1-2H3. The Kier molecular flexibility index (Phi) is 4.16. The van der Waals surface area contributed by atoms with Gasteiger partial charge in [0.1, 0.15) is 0 Å². The predicted molar refractivity (Wildman–Crippen MR) is 60.8 cm³/mol. The van der Waals surface area contributed by atoms with E-state index in [1.165, 1.54) is 0 Å². The molecule has 1 rings (SSSR count). The molecular formula is C12H17NO2. The number of ether oxygens (including phenoxy) is 1. The van der Waals surface area contributed by atoms with Gasteiger partial charge in [0.2, 0.25) is 0 Å². The van der Waals surface area contributed by atoms with Gasteiger partial charge in [-0.1, -0.05) is 25.5 Å². The average molecular weight is 207 g/mol. The monoisotopic (exact) mass is 207 g/mol. The van der Waals surface area contributed by atoms with Crippen LogP contribution in [0.5, 0.6) is 0 Å². The van der Waals surface area contributed by atoms with Crippen LogP contribution in [-0.4, -0.2) is 12.6 Å². The largest absolute Gasteiger partial charge is 0.462 e. The van der Waals surface area contributed by atoms with Crippen LogP contribution in [-0.2, 0) is 4.74 Å². The number of carbonyl (C=O) groups is 1. The number of esters is 1.